The third kappa shape index (κ3) is 1.94. The van der Waals surface area contributed by atoms with Gasteiger partial charge in [0.15, 0.2) is 5.01 Å². The summed E-state index contributed by atoms with van der Waals surface area (Å²) in [6.07, 6.45) is 0.754. The minimum absolute atomic E-state index is 0.0532. The second-order valence-electron chi connectivity index (χ2n) is 7.41. The molecule has 0 unspecified atom stereocenters. The van der Waals surface area contributed by atoms with Crippen molar-refractivity contribution in [3.8, 4) is 0 Å². The maximum Gasteiger partial charge on any atom is 0.282 e. The first-order valence-corrected chi connectivity index (χ1v) is 8.60. The summed E-state index contributed by atoms with van der Waals surface area (Å²) >= 11 is 1.40. The minimum Gasteiger partial charge on any atom is -0.369 e. The van der Waals surface area contributed by atoms with Crippen LogP contribution < -0.4 is 5.73 Å². The molecule has 2 heterocycles. The second kappa shape index (κ2) is 4.54. The fourth-order valence-corrected chi connectivity index (χ4v) is 5.41. The maximum atomic E-state index is 12.8. The SMILES string of the molecule is CC1(C)C[C@]2(C(N)=O)CN(C(=O)c3nc4ccccc4s3)C[C@H]12. The van der Waals surface area contributed by atoms with Gasteiger partial charge >= 0.3 is 0 Å². The van der Waals surface area contributed by atoms with Gasteiger partial charge in [-0.2, -0.15) is 0 Å². The van der Waals surface area contributed by atoms with Gasteiger partial charge in [0.2, 0.25) is 5.91 Å². The summed E-state index contributed by atoms with van der Waals surface area (Å²) in [6, 6.07) is 7.72. The topological polar surface area (TPSA) is 76.3 Å². The highest BCUT2D eigenvalue weighted by atomic mass is 32.1. The molecule has 1 saturated heterocycles. The van der Waals surface area contributed by atoms with Crippen LogP contribution in [0.3, 0.4) is 0 Å². The summed E-state index contributed by atoms with van der Waals surface area (Å²) in [5.74, 6) is -0.218. The Balaban J connectivity index is 1.64. The van der Waals surface area contributed by atoms with E-state index < -0.39 is 5.41 Å². The number of nitrogens with two attached hydrogens (primary N) is 1. The Labute approximate surface area is 138 Å². The van der Waals surface area contributed by atoms with Gasteiger partial charge in [-0.15, -0.1) is 11.3 Å². The molecule has 0 radical (unpaired) electrons. The van der Waals surface area contributed by atoms with Crippen molar-refractivity contribution in [1.29, 1.82) is 0 Å². The lowest BCUT2D eigenvalue weighted by Gasteiger charge is -2.54. The summed E-state index contributed by atoms with van der Waals surface area (Å²) in [5.41, 5.74) is 6.02. The molecule has 1 saturated carbocycles. The third-order valence-electron chi connectivity index (χ3n) is 5.51. The van der Waals surface area contributed by atoms with E-state index in [0.29, 0.717) is 18.1 Å². The molecule has 0 spiro atoms. The molecule has 1 aromatic carbocycles. The third-order valence-corrected chi connectivity index (χ3v) is 6.54. The van der Waals surface area contributed by atoms with Crippen molar-refractivity contribution < 1.29 is 9.59 Å². The number of amides is 2. The predicted octanol–water partition coefficient (Wildman–Crippen LogP) is 2.27. The van der Waals surface area contributed by atoms with Gasteiger partial charge in [-0.3, -0.25) is 9.59 Å². The van der Waals surface area contributed by atoms with Gasteiger partial charge in [-0.1, -0.05) is 26.0 Å². The van der Waals surface area contributed by atoms with Crippen molar-refractivity contribution in [3.63, 3.8) is 0 Å². The van der Waals surface area contributed by atoms with Crippen LogP contribution >= 0.6 is 11.3 Å². The van der Waals surface area contributed by atoms with Crippen LogP contribution in [0.2, 0.25) is 0 Å². The highest BCUT2D eigenvalue weighted by molar-refractivity contribution is 7.20. The Morgan fingerprint density at radius 3 is 2.70 bits per heavy atom. The quantitative estimate of drug-likeness (QED) is 0.918. The Bertz CT molecular complexity index is 795. The number of carbonyl (C=O) groups is 2. The van der Waals surface area contributed by atoms with Crippen molar-refractivity contribution in [1.82, 2.24) is 9.88 Å². The van der Waals surface area contributed by atoms with Crippen molar-refractivity contribution >= 4 is 33.4 Å². The Morgan fingerprint density at radius 1 is 1.35 bits per heavy atom. The van der Waals surface area contributed by atoms with Gasteiger partial charge in [-0.05, 0) is 29.9 Å². The Kier molecular flexibility index (Phi) is 2.89. The van der Waals surface area contributed by atoms with E-state index in [0.717, 1.165) is 16.6 Å². The Morgan fingerprint density at radius 2 is 2.09 bits per heavy atom. The van der Waals surface area contributed by atoms with Gasteiger partial charge in [0.25, 0.3) is 5.91 Å². The summed E-state index contributed by atoms with van der Waals surface area (Å²) in [4.78, 5) is 31.0. The fourth-order valence-electron chi connectivity index (χ4n) is 4.48. The van der Waals surface area contributed by atoms with Crippen molar-refractivity contribution in [2.75, 3.05) is 13.1 Å². The number of primary amides is 1. The number of benzene rings is 1. The second-order valence-corrected chi connectivity index (χ2v) is 8.44. The summed E-state index contributed by atoms with van der Waals surface area (Å²) < 4.78 is 1.00. The normalized spacial score (nSPS) is 28.4. The first-order chi connectivity index (χ1) is 10.8. The van der Waals surface area contributed by atoms with Gasteiger partial charge in [0, 0.05) is 13.1 Å². The highest BCUT2D eigenvalue weighted by Crippen LogP contribution is 2.62. The molecule has 1 aliphatic carbocycles. The van der Waals surface area contributed by atoms with Crippen LogP contribution in [-0.2, 0) is 4.79 Å². The predicted molar refractivity (Wildman–Crippen MR) is 89.0 cm³/mol. The molecule has 2 fully saturated rings. The number of hydrogen-bond acceptors (Lipinski definition) is 4. The minimum atomic E-state index is -0.546. The number of fused-ring (bicyclic) bond motifs is 2. The smallest absolute Gasteiger partial charge is 0.282 e. The van der Waals surface area contributed by atoms with Crippen LogP contribution in [0.5, 0.6) is 0 Å². The fraction of sp³-hybridized carbons (Fsp3) is 0.471. The van der Waals surface area contributed by atoms with E-state index >= 15 is 0 Å². The van der Waals surface area contributed by atoms with E-state index in [4.69, 9.17) is 5.73 Å². The van der Waals surface area contributed by atoms with Crippen LogP contribution in [0.15, 0.2) is 24.3 Å². The number of rotatable bonds is 2. The maximum absolute atomic E-state index is 12.8. The van der Waals surface area contributed by atoms with E-state index in [1.54, 1.807) is 4.90 Å². The summed E-state index contributed by atoms with van der Waals surface area (Å²) in [7, 11) is 0. The molecule has 5 nitrogen and oxygen atoms in total. The standard InChI is InChI=1S/C17H19N3O2S/c1-16(2)8-17(15(18)22)9-20(7-12(16)17)14(21)13-19-10-5-3-4-6-11(10)23-13/h3-6,12H,7-9H2,1-2H3,(H2,18,22)/t12-,17+/m1/s1. The lowest BCUT2D eigenvalue weighted by Crippen LogP contribution is -2.59. The molecule has 23 heavy (non-hydrogen) atoms. The number of para-hydroxylation sites is 1. The monoisotopic (exact) mass is 329 g/mol. The van der Waals surface area contributed by atoms with E-state index in [-0.39, 0.29) is 23.1 Å². The number of carbonyl (C=O) groups excluding carboxylic acids is 2. The molecule has 120 valence electrons. The number of thiazole rings is 1. The molecule has 4 rings (SSSR count). The average molecular weight is 329 g/mol. The largest absolute Gasteiger partial charge is 0.369 e. The molecular formula is C17H19N3O2S. The van der Waals surface area contributed by atoms with Crippen LogP contribution in [0, 0.1) is 16.7 Å². The van der Waals surface area contributed by atoms with E-state index in [1.165, 1.54) is 11.3 Å². The van der Waals surface area contributed by atoms with E-state index in [1.807, 2.05) is 24.3 Å². The first-order valence-electron chi connectivity index (χ1n) is 7.78. The van der Waals surface area contributed by atoms with Gasteiger partial charge in [0.1, 0.15) is 0 Å². The number of aromatic nitrogens is 1. The van der Waals surface area contributed by atoms with Gasteiger partial charge in [0.05, 0.1) is 15.6 Å². The molecule has 6 heteroatoms. The van der Waals surface area contributed by atoms with Crippen molar-refractivity contribution in [2.45, 2.75) is 20.3 Å². The van der Waals surface area contributed by atoms with Crippen LogP contribution in [-0.4, -0.2) is 34.8 Å². The van der Waals surface area contributed by atoms with E-state index in [9.17, 15) is 9.59 Å². The zero-order valence-corrected chi connectivity index (χ0v) is 14.0. The summed E-state index contributed by atoms with van der Waals surface area (Å²) in [6.45, 7) is 5.30. The average Bonchev–Trinajstić information content (AvgIpc) is 3.06. The molecule has 2 atom stereocenters. The molecule has 2 N–H and O–H groups in total. The van der Waals surface area contributed by atoms with Gasteiger partial charge in [-0.25, -0.2) is 4.98 Å². The van der Waals surface area contributed by atoms with E-state index in [2.05, 4.69) is 18.8 Å². The molecule has 2 aliphatic rings. The molecule has 0 bridgehead atoms. The molecular weight excluding hydrogens is 310 g/mol. The van der Waals surface area contributed by atoms with Crippen LogP contribution in [0.1, 0.15) is 30.1 Å². The zero-order valence-electron chi connectivity index (χ0n) is 13.2. The van der Waals surface area contributed by atoms with Gasteiger partial charge < -0.3 is 10.6 Å². The molecule has 2 aromatic rings. The van der Waals surface area contributed by atoms with Crippen molar-refractivity contribution in [3.05, 3.63) is 29.3 Å². The number of likely N-dealkylation sites (tertiary alicyclic amines) is 1. The van der Waals surface area contributed by atoms with Crippen LogP contribution in [0.4, 0.5) is 0 Å². The lowest BCUT2D eigenvalue weighted by molar-refractivity contribution is -0.148. The van der Waals surface area contributed by atoms with Crippen LogP contribution in [0.25, 0.3) is 10.2 Å². The van der Waals surface area contributed by atoms with Crippen molar-refractivity contribution in [2.24, 2.45) is 22.5 Å². The lowest BCUT2D eigenvalue weighted by atomic mass is 9.48. The zero-order chi connectivity index (χ0) is 16.4. The molecule has 2 amide bonds. The Hall–Kier alpha value is -1.95. The number of hydrogen-bond donors (Lipinski definition) is 1. The number of nitrogens with zero attached hydrogens (tertiary/aromatic N) is 2. The molecule has 1 aliphatic heterocycles. The summed E-state index contributed by atoms with van der Waals surface area (Å²) in [5, 5.41) is 0.491. The first kappa shape index (κ1) is 14.6. The highest BCUT2D eigenvalue weighted by Gasteiger charge is 2.66. The molecule has 1 aromatic heterocycles.